The summed E-state index contributed by atoms with van der Waals surface area (Å²) in [6.07, 6.45) is 1.69. The summed E-state index contributed by atoms with van der Waals surface area (Å²) in [5, 5.41) is 6.63. The van der Waals surface area contributed by atoms with E-state index in [1.807, 2.05) is 36.4 Å². The third-order valence-electron chi connectivity index (χ3n) is 4.19. The van der Waals surface area contributed by atoms with Crippen molar-refractivity contribution in [3.63, 3.8) is 0 Å². The Morgan fingerprint density at radius 2 is 1.78 bits per heavy atom. The third-order valence-corrected chi connectivity index (χ3v) is 5.01. The predicted molar refractivity (Wildman–Crippen MR) is 109 cm³/mol. The Morgan fingerprint density at radius 1 is 1.00 bits per heavy atom. The number of hydrogen-bond acceptors (Lipinski definition) is 3. The van der Waals surface area contributed by atoms with Gasteiger partial charge in [-0.3, -0.25) is 4.79 Å². The Labute approximate surface area is 166 Å². The number of hydrogen-bond donors (Lipinski definition) is 0. The van der Waals surface area contributed by atoms with E-state index >= 15 is 0 Å². The molecule has 0 unspecified atom stereocenters. The quantitative estimate of drug-likeness (QED) is 0.505. The van der Waals surface area contributed by atoms with Gasteiger partial charge in [0.15, 0.2) is 0 Å². The molecule has 3 aromatic rings. The monoisotopic (exact) mass is 396 g/mol. The Balaban J connectivity index is 1.65. The summed E-state index contributed by atoms with van der Waals surface area (Å²) in [5.41, 5.74) is 2.53. The van der Waals surface area contributed by atoms with Gasteiger partial charge >= 0.3 is 0 Å². The summed E-state index contributed by atoms with van der Waals surface area (Å²) in [6, 6.07) is 18.2. The van der Waals surface area contributed by atoms with Gasteiger partial charge in [-0.1, -0.05) is 47.5 Å². The fourth-order valence-corrected chi connectivity index (χ4v) is 3.23. The van der Waals surface area contributed by atoms with E-state index in [2.05, 4.69) is 5.10 Å². The molecule has 6 heteroatoms. The number of halogens is 2. The lowest BCUT2D eigenvalue weighted by molar-refractivity contribution is -0.114. The van der Waals surface area contributed by atoms with E-state index in [0.717, 1.165) is 5.69 Å². The minimum atomic E-state index is -0.197. The first kappa shape index (κ1) is 17.6. The standard InChI is InChI=1S/C21H14Cl2N2O2/c1-13-17(21(26)25(24-13)14-6-3-2-4-7-14)12-15-10-11-19(27-15)16-8-5-9-18(22)20(16)23/h2-12H,1H3. The normalized spacial score (nSPS) is 15.5. The highest BCUT2D eigenvalue weighted by molar-refractivity contribution is 6.43. The van der Waals surface area contributed by atoms with Crippen molar-refractivity contribution in [2.75, 3.05) is 5.01 Å². The fraction of sp³-hybridized carbons (Fsp3) is 0.0476. The zero-order valence-corrected chi connectivity index (χ0v) is 15.8. The molecule has 0 aliphatic carbocycles. The predicted octanol–water partition coefficient (Wildman–Crippen LogP) is 6.06. The molecule has 0 spiro atoms. The van der Waals surface area contributed by atoms with Crippen molar-refractivity contribution in [1.82, 2.24) is 0 Å². The summed E-state index contributed by atoms with van der Waals surface area (Å²) in [7, 11) is 0. The van der Waals surface area contributed by atoms with Crippen LogP contribution in [-0.4, -0.2) is 11.6 Å². The van der Waals surface area contributed by atoms with E-state index in [4.69, 9.17) is 27.6 Å². The van der Waals surface area contributed by atoms with Gasteiger partial charge in [-0.15, -0.1) is 0 Å². The van der Waals surface area contributed by atoms with Crippen molar-refractivity contribution >= 4 is 46.6 Å². The third kappa shape index (κ3) is 3.29. The molecule has 134 valence electrons. The number of para-hydroxylation sites is 1. The summed E-state index contributed by atoms with van der Waals surface area (Å²) in [4.78, 5) is 12.8. The second-order valence-corrected chi connectivity index (χ2v) is 6.78. The van der Waals surface area contributed by atoms with Crippen LogP contribution in [0.15, 0.2) is 75.8 Å². The molecule has 0 bridgehead atoms. The van der Waals surface area contributed by atoms with Crippen LogP contribution >= 0.6 is 23.2 Å². The van der Waals surface area contributed by atoms with Crippen LogP contribution < -0.4 is 5.01 Å². The average Bonchev–Trinajstić information content (AvgIpc) is 3.25. The second-order valence-electron chi connectivity index (χ2n) is 6.00. The molecule has 1 aliphatic heterocycles. The lowest BCUT2D eigenvalue weighted by Crippen LogP contribution is -2.21. The molecule has 0 saturated heterocycles. The van der Waals surface area contributed by atoms with Crippen LogP contribution in [0.2, 0.25) is 10.0 Å². The highest BCUT2D eigenvalue weighted by Crippen LogP contribution is 2.35. The van der Waals surface area contributed by atoms with Crippen LogP contribution in [0.3, 0.4) is 0 Å². The minimum absolute atomic E-state index is 0.197. The molecule has 1 amide bonds. The molecule has 0 N–H and O–H groups in total. The second kappa shape index (κ2) is 7.06. The maximum absolute atomic E-state index is 12.8. The maximum atomic E-state index is 12.8. The van der Waals surface area contributed by atoms with Crippen LogP contribution in [-0.2, 0) is 4.79 Å². The fourth-order valence-electron chi connectivity index (χ4n) is 2.84. The van der Waals surface area contributed by atoms with E-state index in [9.17, 15) is 4.79 Å². The molecule has 4 nitrogen and oxygen atoms in total. The van der Waals surface area contributed by atoms with Crippen LogP contribution in [0.4, 0.5) is 5.69 Å². The number of anilines is 1. The first-order valence-corrected chi connectivity index (χ1v) is 9.01. The van der Waals surface area contributed by atoms with E-state index in [1.165, 1.54) is 5.01 Å². The first-order valence-electron chi connectivity index (χ1n) is 8.25. The highest BCUT2D eigenvalue weighted by atomic mass is 35.5. The smallest absolute Gasteiger partial charge is 0.280 e. The molecule has 0 atom stereocenters. The molecular formula is C21H14Cl2N2O2. The molecule has 2 heterocycles. The van der Waals surface area contributed by atoms with Crippen molar-refractivity contribution in [3.05, 3.63) is 82.0 Å². The number of furan rings is 1. The lowest BCUT2D eigenvalue weighted by Gasteiger charge is -2.10. The van der Waals surface area contributed by atoms with Gasteiger partial charge < -0.3 is 4.42 Å². The van der Waals surface area contributed by atoms with Gasteiger partial charge in [0, 0.05) is 5.56 Å². The number of nitrogens with zero attached hydrogens (tertiary/aromatic N) is 2. The van der Waals surface area contributed by atoms with Crippen LogP contribution in [0.25, 0.3) is 17.4 Å². The van der Waals surface area contributed by atoms with Crippen LogP contribution in [0, 0.1) is 0 Å². The van der Waals surface area contributed by atoms with Gasteiger partial charge in [-0.25, -0.2) is 0 Å². The molecule has 0 radical (unpaired) electrons. The number of carbonyl (C=O) groups excluding carboxylic acids is 1. The summed E-state index contributed by atoms with van der Waals surface area (Å²) < 4.78 is 5.86. The molecule has 2 aromatic carbocycles. The van der Waals surface area contributed by atoms with Crippen LogP contribution in [0.5, 0.6) is 0 Å². The number of amides is 1. The first-order chi connectivity index (χ1) is 13.0. The van der Waals surface area contributed by atoms with E-state index < -0.39 is 0 Å². The van der Waals surface area contributed by atoms with Gasteiger partial charge in [-0.05, 0) is 49.4 Å². The number of carbonyl (C=O) groups is 1. The van der Waals surface area contributed by atoms with Crippen molar-refractivity contribution < 1.29 is 9.21 Å². The van der Waals surface area contributed by atoms with Gasteiger partial charge in [-0.2, -0.15) is 10.1 Å². The van der Waals surface area contributed by atoms with Crippen molar-refractivity contribution in [1.29, 1.82) is 0 Å². The summed E-state index contributed by atoms with van der Waals surface area (Å²) in [6.45, 7) is 1.80. The molecular weight excluding hydrogens is 383 g/mol. The zero-order chi connectivity index (χ0) is 19.0. The Bertz CT molecular complexity index is 1080. The largest absolute Gasteiger partial charge is 0.457 e. The highest BCUT2D eigenvalue weighted by Gasteiger charge is 2.29. The molecule has 1 aromatic heterocycles. The topological polar surface area (TPSA) is 45.8 Å². The minimum Gasteiger partial charge on any atom is -0.457 e. The maximum Gasteiger partial charge on any atom is 0.280 e. The van der Waals surface area contributed by atoms with Crippen molar-refractivity contribution in [3.8, 4) is 11.3 Å². The van der Waals surface area contributed by atoms with Crippen molar-refractivity contribution in [2.24, 2.45) is 5.10 Å². The van der Waals surface area contributed by atoms with Gasteiger partial charge in [0.1, 0.15) is 11.5 Å². The van der Waals surface area contributed by atoms with Crippen molar-refractivity contribution in [2.45, 2.75) is 6.92 Å². The molecule has 27 heavy (non-hydrogen) atoms. The zero-order valence-electron chi connectivity index (χ0n) is 14.3. The van der Waals surface area contributed by atoms with Gasteiger partial charge in [0.05, 0.1) is 27.0 Å². The van der Waals surface area contributed by atoms with E-state index in [-0.39, 0.29) is 5.91 Å². The van der Waals surface area contributed by atoms with Gasteiger partial charge in [0.2, 0.25) is 0 Å². The molecule has 1 aliphatic rings. The molecule has 4 rings (SSSR count). The summed E-state index contributed by atoms with van der Waals surface area (Å²) in [5.74, 6) is 0.917. The van der Waals surface area contributed by atoms with Crippen LogP contribution in [0.1, 0.15) is 12.7 Å². The molecule has 0 fully saturated rings. The number of hydrazone groups is 1. The van der Waals surface area contributed by atoms with E-state index in [1.54, 1.807) is 37.3 Å². The number of benzene rings is 2. The lowest BCUT2D eigenvalue weighted by atomic mass is 10.1. The Hall–Kier alpha value is -2.82. The SMILES string of the molecule is CC1=NN(c2ccccc2)C(=O)C1=Cc1ccc(-c2cccc(Cl)c2Cl)o1. The Morgan fingerprint density at radius 3 is 2.56 bits per heavy atom. The summed E-state index contributed by atoms with van der Waals surface area (Å²) >= 11 is 12.3. The number of rotatable bonds is 3. The average molecular weight is 397 g/mol. The van der Waals surface area contributed by atoms with Gasteiger partial charge in [0.25, 0.3) is 5.91 Å². The Kier molecular flexibility index (Phi) is 4.60. The molecule has 0 saturated carbocycles. The van der Waals surface area contributed by atoms with E-state index in [0.29, 0.717) is 38.4 Å².